The lowest BCUT2D eigenvalue weighted by molar-refractivity contribution is 0.243. The summed E-state index contributed by atoms with van der Waals surface area (Å²) in [6, 6.07) is 12.7. The van der Waals surface area contributed by atoms with E-state index in [1.807, 2.05) is 30.3 Å². The molecule has 0 aliphatic heterocycles. The molecular formula is C22H28FN3O2. The molecule has 0 unspecified atom stereocenters. The van der Waals surface area contributed by atoms with Crippen molar-refractivity contribution in [3.05, 3.63) is 59.4 Å². The van der Waals surface area contributed by atoms with E-state index in [1.54, 1.807) is 33.4 Å². The Morgan fingerprint density at radius 3 is 2.32 bits per heavy atom. The number of benzene rings is 2. The van der Waals surface area contributed by atoms with Crippen molar-refractivity contribution in [1.29, 1.82) is 0 Å². The van der Waals surface area contributed by atoms with Crippen LogP contribution in [0.3, 0.4) is 0 Å². The Labute approximate surface area is 166 Å². The van der Waals surface area contributed by atoms with Gasteiger partial charge in [0, 0.05) is 25.6 Å². The quantitative estimate of drug-likeness (QED) is 0.565. The second-order valence-corrected chi connectivity index (χ2v) is 7.11. The normalized spacial score (nSPS) is 15.5. The zero-order chi connectivity index (χ0) is 20.0. The molecule has 6 heteroatoms. The molecule has 2 N–H and O–H groups in total. The summed E-state index contributed by atoms with van der Waals surface area (Å²) in [7, 11) is 5.01. The highest BCUT2D eigenvalue weighted by Crippen LogP contribution is 2.43. The first-order valence-electron chi connectivity index (χ1n) is 9.52. The van der Waals surface area contributed by atoms with Crippen LogP contribution in [0.2, 0.25) is 0 Å². The first-order chi connectivity index (χ1) is 13.6. The summed E-state index contributed by atoms with van der Waals surface area (Å²) >= 11 is 0. The van der Waals surface area contributed by atoms with E-state index >= 15 is 0 Å². The van der Waals surface area contributed by atoms with Crippen molar-refractivity contribution < 1.29 is 13.9 Å². The van der Waals surface area contributed by atoms with Crippen LogP contribution in [0, 0.1) is 5.82 Å². The average molecular weight is 385 g/mol. The van der Waals surface area contributed by atoms with Gasteiger partial charge in [0.15, 0.2) is 17.5 Å². The predicted molar refractivity (Wildman–Crippen MR) is 110 cm³/mol. The minimum atomic E-state index is -0.196. The average Bonchev–Trinajstić information content (AvgIpc) is 2.70. The van der Waals surface area contributed by atoms with Crippen LogP contribution < -0.4 is 20.1 Å². The molecule has 2 aromatic rings. The molecule has 1 aliphatic rings. The molecule has 0 bridgehead atoms. The van der Waals surface area contributed by atoms with Gasteiger partial charge in [-0.25, -0.2) is 4.39 Å². The number of methoxy groups -OCH3 is 2. The van der Waals surface area contributed by atoms with Crippen molar-refractivity contribution in [2.75, 3.05) is 27.8 Å². The maximum Gasteiger partial charge on any atom is 0.191 e. The third kappa shape index (κ3) is 4.38. The molecule has 1 saturated carbocycles. The molecular weight excluding hydrogens is 357 g/mol. The second kappa shape index (κ2) is 8.95. The van der Waals surface area contributed by atoms with Gasteiger partial charge >= 0.3 is 0 Å². The van der Waals surface area contributed by atoms with Gasteiger partial charge in [-0.05, 0) is 48.2 Å². The molecule has 5 nitrogen and oxygen atoms in total. The summed E-state index contributed by atoms with van der Waals surface area (Å²) in [6.45, 7) is 1.38. The van der Waals surface area contributed by atoms with Crippen LogP contribution in [0.5, 0.6) is 11.5 Å². The fourth-order valence-corrected chi connectivity index (χ4v) is 3.62. The van der Waals surface area contributed by atoms with Gasteiger partial charge in [-0.15, -0.1) is 0 Å². The fraction of sp³-hybridized carbons (Fsp3) is 0.409. The van der Waals surface area contributed by atoms with E-state index in [9.17, 15) is 4.39 Å². The van der Waals surface area contributed by atoms with Crippen molar-refractivity contribution in [2.24, 2.45) is 4.99 Å². The largest absolute Gasteiger partial charge is 0.493 e. The molecule has 0 radical (unpaired) electrons. The van der Waals surface area contributed by atoms with Crippen LogP contribution in [0.1, 0.15) is 30.4 Å². The zero-order valence-electron chi connectivity index (χ0n) is 16.7. The zero-order valence-corrected chi connectivity index (χ0v) is 16.7. The van der Waals surface area contributed by atoms with Crippen molar-refractivity contribution in [3.8, 4) is 11.5 Å². The lowest BCUT2D eigenvalue weighted by Crippen LogP contribution is -2.48. The summed E-state index contributed by atoms with van der Waals surface area (Å²) in [5, 5.41) is 6.77. The topological polar surface area (TPSA) is 54.9 Å². The first-order valence-corrected chi connectivity index (χ1v) is 9.52. The number of aliphatic imine (C=N–C) groups is 1. The summed E-state index contributed by atoms with van der Waals surface area (Å²) < 4.78 is 23.9. The van der Waals surface area contributed by atoms with Gasteiger partial charge in [-0.1, -0.05) is 24.6 Å². The molecule has 0 aromatic heterocycles. The van der Waals surface area contributed by atoms with Crippen molar-refractivity contribution in [1.82, 2.24) is 10.6 Å². The lowest BCUT2D eigenvalue weighted by atomic mass is 9.64. The number of ether oxygens (including phenoxy) is 2. The van der Waals surface area contributed by atoms with Crippen LogP contribution in [0.4, 0.5) is 4.39 Å². The Morgan fingerprint density at radius 1 is 1.04 bits per heavy atom. The smallest absolute Gasteiger partial charge is 0.191 e. The van der Waals surface area contributed by atoms with Gasteiger partial charge in [0.1, 0.15) is 5.82 Å². The molecule has 0 amide bonds. The van der Waals surface area contributed by atoms with Gasteiger partial charge < -0.3 is 20.1 Å². The van der Waals surface area contributed by atoms with Crippen molar-refractivity contribution in [3.63, 3.8) is 0 Å². The number of nitrogens with zero attached hydrogens (tertiary/aromatic N) is 1. The second-order valence-electron chi connectivity index (χ2n) is 7.11. The van der Waals surface area contributed by atoms with Crippen molar-refractivity contribution >= 4 is 5.96 Å². The molecule has 0 saturated heterocycles. The highest BCUT2D eigenvalue weighted by Gasteiger charge is 2.38. The maximum absolute atomic E-state index is 13.3. The highest BCUT2D eigenvalue weighted by molar-refractivity contribution is 5.79. The van der Waals surface area contributed by atoms with Crippen molar-refractivity contribution in [2.45, 2.75) is 31.2 Å². The van der Waals surface area contributed by atoms with E-state index in [1.165, 1.54) is 12.0 Å². The molecule has 1 fully saturated rings. The highest BCUT2D eigenvalue weighted by atomic mass is 19.1. The Balaban J connectivity index is 1.59. The Kier molecular flexibility index (Phi) is 6.39. The van der Waals surface area contributed by atoms with E-state index in [0.29, 0.717) is 18.0 Å². The minimum absolute atomic E-state index is 0.0503. The van der Waals surface area contributed by atoms with E-state index in [4.69, 9.17) is 9.47 Å². The van der Waals surface area contributed by atoms with Crippen LogP contribution in [-0.2, 0) is 12.0 Å². The van der Waals surface area contributed by atoms with E-state index in [2.05, 4.69) is 15.6 Å². The Bertz CT molecular complexity index is 817. The third-order valence-corrected chi connectivity index (χ3v) is 5.49. The number of hydrogen-bond acceptors (Lipinski definition) is 3. The van der Waals surface area contributed by atoms with Gasteiger partial charge in [0.25, 0.3) is 0 Å². The summed E-state index contributed by atoms with van der Waals surface area (Å²) in [4.78, 5) is 4.33. The summed E-state index contributed by atoms with van der Waals surface area (Å²) in [5.74, 6) is 1.95. The first kappa shape index (κ1) is 20.0. The predicted octanol–water partition coefficient (Wildman–Crippen LogP) is 3.63. The molecule has 1 aliphatic carbocycles. The van der Waals surface area contributed by atoms with Gasteiger partial charge in [-0.3, -0.25) is 4.99 Å². The minimum Gasteiger partial charge on any atom is -0.493 e. The number of rotatable bonds is 7. The van der Waals surface area contributed by atoms with Crippen LogP contribution in [-0.4, -0.2) is 33.8 Å². The molecule has 28 heavy (non-hydrogen) atoms. The van der Waals surface area contributed by atoms with Gasteiger partial charge in [0.2, 0.25) is 0 Å². The van der Waals surface area contributed by atoms with Crippen LogP contribution >= 0.6 is 0 Å². The van der Waals surface area contributed by atoms with Gasteiger partial charge in [0.05, 0.1) is 14.2 Å². The SMILES string of the molecule is CN=C(NCc1ccc(OC)c(OC)c1)NCC1(c2ccc(F)cc2)CCC1. The fourth-order valence-electron chi connectivity index (χ4n) is 3.62. The maximum atomic E-state index is 13.3. The number of nitrogens with one attached hydrogen (secondary N) is 2. The number of hydrogen-bond donors (Lipinski definition) is 2. The van der Waals surface area contributed by atoms with Crippen LogP contribution in [0.15, 0.2) is 47.5 Å². The van der Waals surface area contributed by atoms with Gasteiger partial charge in [-0.2, -0.15) is 0 Å². The number of guanidine groups is 1. The van der Waals surface area contributed by atoms with E-state index in [0.717, 1.165) is 30.9 Å². The Morgan fingerprint density at radius 2 is 1.75 bits per heavy atom. The monoisotopic (exact) mass is 385 g/mol. The van der Waals surface area contributed by atoms with Crippen LogP contribution in [0.25, 0.3) is 0 Å². The Hall–Kier alpha value is -2.76. The standard InChI is InChI=1S/C22H28FN3O2/c1-24-21(25-14-16-5-10-19(27-2)20(13-16)28-3)26-15-22(11-4-12-22)17-6-8-18(23)9-7-17/h5-10,13H,4,11-12,14-15H2,1-3H3,(H2,24,25,26). The molecule has 0 heterocycles. The lowest BCUT2D eigenvalue weighted by Gasteiger charge is -2.43. The molecule has 0 spiro atoms. The third-order valence-electron chi connectivity index (χ3n) is 5.49. The van der Waals surface area contributed by atoms with E-state index in [-0.39, 0.29) is 11.2 Å². The number of halogens is 1. The molecule has 2 aromatic carbocycles. The molecule has 150 valence electrons. The van der Waals surface area contributed by atoms with E-state index < -0.39 is 0 Å². The summed E-state index contributed by atoms with van der Waals surface area (Å²) in [5.41, 5.74) is 2.30. The summed E-state index contributed by atoms with van der Waals surface area (Å²) in [6.07, 6.45) is 3.38. The molecule has 3 rings (SSSR count). The molecule has 0 atom stereocenters.